The van der Waals surface area contributed by atoms with E-state index < -0.39 is 23.5 Å². The van der Waals surface area contributed by atoms with E-state index in [-0.39, 0.29) is 30.1 Å². The van der Waals surface area contributed by atoms with E-state index in [1.807, 2.05) is 18.2 Å². The Labute approximate surface area is 201 Å². The molecule has 35 heavy (non-hydrogen) atoms. The molecule has 4 rings (SSSR count). The van der Waals surface area contributed by atoms with Crippen LogP contribution in [0.4, 0.5) is 11.4 Å². The van der Waals surface area contributed by atoms with Gasteiger partial charge in [0.25, 0.3) is 11.5 Å². The number of hydrogen-bond acceptors (Lipinski definition) is 6. The highest BCUT2D eigenvalue weighted by atomic mass is 16.5. The fraction of sp³-hybridized carbons (Fsp3) is 0.240. The lowest BCUT2D eigenvalue weighted by Crippen LogP contribution is -2.38. The summed E-state index contributed by atoms with van der Waals surface area (Å²) in [5, 5.41) is 7.89. The fourth-order valence-corrected chi connectivity index (χ4v) is 3.69. The molecule has 0 bridgehead atoms. The van der Waals surface area contributed by atoms with Gasteiger partial charge in [0.05, 0.1) is 17.1 Å². The van der Waals surface area contributed by atoms with Crippen LogP contribution in [0.1, 0.15) is 25.5 Å². The van der Waals surface area contributed by atoms with Crippen LogP contribution < -0.4 is 15.9 Å². The monoisotopic (exact) mass is 475 g/mol. The summed E-state index contributed by atoms with van der Waals surface area (Å²) in [6, 6.07) is 17.8. The van der Waals surface area contributed by atoms with Gasteiger partial charge < -0.3 is 10.1 Å². The standard InChI is InChI=1S/C25H25N5O5/c1-16-22(24(33)30(28(16)3)19-12-8-5-9-13-19)26-23(32)17(2)35-25(34)20-14-15-21(31)29(27-20)18-10-6-4-7-11-18/h4-13,17H,14-15H2,1-3H3,(H,26,32). The number of aromatic nitrogens is 2. The van der Waals surface area contributed by atoms with E-state index in [1.165, 1.54) is 11.6 Å². The Hall–Kier alpha value is -4.47. The molecule has 180 valence electrons. The van der Waals surface area contributed by atoms with Crippen LogP contribution in [-0.4, -0.2) is 39.0 Å². The minimum absolute atomic E-state index is 0.0374. The molecule has 1 aliphatic heterocycles. The highest BCUT2D eigenvalue weighted by Crippen LogP contribution is 2.20. The number of hydrazone groups is 1. The van der Waals surface area contributed by atoms with Crippen LogP contribution in [-0.2, 0) is 26.2 Å². The molecule has 10 heteroatoms. The van der Waals surface area contributed by atoms with Crippen molar-refractivity contribution in [1.29, 1.82) is 0 Å². The lowest BCUT2D eigenvalue weighted by atomic mass is 10.1. The third kappa shape index (κ3) is 4.77. The Kier molecular flexibility index (Phi) is 6.63. The minimum atomic E-state index is -1.20. The third-order valence-electron chi connectivity index (χ3n) is 5.72. The lowest BCUT2D eigenvalue weighted by Gasteiger charge is -2.23. The summed E-state index contributed by atoms with van der Waals surface area (Å²) in [5.74, 6) is -1.70. The molecule has 0 spiro atoms. The molecule has 0 fully saturated rings. The lowest BCUT2D eigenvalue weighted by molar-refractivity contribution is -0.146. The quantitative estimate of drug-likeness (QED) is 0.550. The van der Waals surface area contributed by atoms with Crippen LogP contribution in [0, 0.1) is 6.92 Å². The number of amides is 2. The zero-order chi connectivity index (χ0) is 25.1. The van der Waals surface area contributed by atoms with Gasteiger partial charge in [0, 0.05) is 19.9 Å². The Morgan fingerprint density at radius 3 is 2.20 bits per heavy atom. The van der Waals surface area contributed by atoms with E-state index in [0.29, 0.717) is 17.1 Å². The van der Waals surface area contributed by atoms with Crippen LogP contribution in [0.3, 0.4) is 0 Å². The summed E-state index contributed by atoms with van der Waals surface area (Å²) in [4.78, 5) is 50.7. The maximum absolute atomic E-state index is 13.0. The molecule has 1 atom stereocenters. The van der Waals surface area contributed by atoms with Crippen molar-refractivity contribution in [2.45, 2.75) is 32.8 Å². The third-order valence-corrected chi connectivity index (χ3v) is 5.72. The fourth-order valence-electron chi connectivity index (χ4n) is 3.69. The Morgan fingerprint density at radius 1 is 0.971 bits per heavy atom. The SMILES string of the molecule is Cc1c(NC(=O)C(C)OC(=O)C2=NN(c3ccccc3)C(=O)CC2)c(=O)n(-c2ccccc2)n1C. The molecular weight excluding hydrogens is 450 g/mol. The first-order valence-electron chi connectivity index (χ1n) is 11.1. The number of hydrogen-bond donors (Lipinski definition) is 1. The van der Waals surface area contributed by atoms with Crippen LogP contribution >= 0.6 is 0 Å². The number of carbonyl (C=O) groups is 3. The van der Waals surface area contributed by atoms with Gasteiger partial charge in [-0.15, -0.1) is 0 Å². The Balaban J connectivity index is 1.48. The Bertz CT molecular complexity index is 1360. The van der Waals surface area contributed by atoms with Crippen molar-refractivity contribution in [3.05, 3.63) is 76.7 Å². The number of anilines is 2. The summed E-state index contributed by atoms with van der Waals surface area (Å²) in [6.07, 6.45) is -1.00. The number of para-hydroxylation sites is 2. The van der Waals surface area contributed by atoms with Crippen molar-refractivity contribution in [1.82, 2.24) is 9.36 Å². The maximum Gasteiger partial charge on any atom is 0.355 e. The molecule has 0 saturated heterocycles. The van der Waals surface area contributed by atoms with Crippen molar-refractivity contribution < 1.29 is 19.1 Å². The molecule has 1 aliphatic rings. The number of rotatable bonds is 6. The van der Waals surface area contributed by atoms with Crippen molar-refractivity contribution in [2.75, 3.05) is 10.3 Å². The van der Waals surface area contributed by atoms with E-state index in [1.54, 1.807) is 61.1 Å². The summed E-state index contributed by atoms with van der Waals surface area (Å²) < 4.78 is 8.38. The average Bonchev–Trinajstić information content (AvgIpc) is 3.08. The highest BCUT2D eigenvalue weighted by Gasteiger charge is 2.29. The smallest absolute Gasteiger partial charge is 0.355 e. The molecule has 10 nitrogen and oxygen atoms in total. The summed E-state index contributed by atoms with van der Waals surface area (Å²) in [5.41, 5.74) is 1.45. The molecule has 0 aliphatic carbocycles. The summed E-state index contributed by atoms with van der Waals surface area (Å²) >= 11 is 0. The number of carbonyl (C=O) groups excluding carboxylic acids is 3. The predicted octanol–water partition coefficient (Wildman–Crippen LogP) is 2.54. The summed E-state index contributed by atoms with van der Waals surface area (Å²) in [6.45, 7) is 3.11. The van der Waals surface area contributed by atoms with Gasteiger partial charge >= 0.3 is 5.97 Å². The molecule has 0 radical (unpaired) electrons. The van der Waals surface area contributed by atoms with Gasteiger partial charge in [-0.1, -0.05) is 36.4 Å². The van der Waals surface area contributed by atoms with Gasteiger partial charge in [-0.3, -0.25) is 19.1 Å². The van der Waals surface area contributed by atoms with Crippen molar-refractivity contribution in [3.8, 4) is 5.69 Å². The summed E-state index contributed by atoms with van der Waals surface area (Å²) in [7, 11) is 1.71. The van der Waals surface area contributed by atoms with Crippen LogP contribution in [0.5, 0.6) is 0 Å². The van der Waals surface area contributed by atoms with Gasteiger partial charge in [-0.2, -0.15) is 5.10 Å². The first-order valence-corrected chi connectivity index (χ1v) is 11.1. The second-order valence-electron chi connectivity index (χ2n) is 8.06. The average molecular weight is 476 g/mol. The zero-order valence-corrected chi connectivity index (χ0v) is 19.6. The van der Waals surface area contributed by atoms with Crippen molar-refractivity contribution >= 4 is 34.9 Å². The number of benzene rings is 2. The molecule has 0 saturated carbocycles. The first kappa shape index (κ1) is 23.7. The first-order chi connectivity index (χ1) is 16.8. The van der Waals surface area contributed by atoms with Crippen LogP contribution in [0.2, 0.25) is 0 Å². The molecule has 2 heterocycles. The van der Waals surface area contributed by atoms with Crippen molar-refractivity contribution in [3.63, 3.8) is 0 Å². The van der Waals surface area contributed by atoms with E-state index in [0.717, 1.165) is 5.01 Å². The maximum atomic E-state index is 13.0. The van der Waals surface area contributed by atoms with Crippen molar-refractivity contribution in [2.24, 2.45) is 12.1 Å². The van der Waals surface area contributed by atoms with Gasteiger partial charge in [-0.05, 0) is 38.1 Å². The number of esters is 1. The molecule has 3 aromatic rings. The molecular formula is C25H25N5O5. The second-order valence-corrected chi connectivity index (χ2v) is 8.06. The van der Waals surface area contributed by atoms with E-state index in [9.17, 15) is 19.2 Å². The molecule has 1 unspecified atom stereocenters. The van der Waals surface area contributed by atoms with Crippen LogP contribution in [0.15, 0.2) is 70.6 Å². The minimum Gasteiger partial charge on any atom is -0.448 e. The van der Waals surface area contributed by atoms with Gasteiger partial charge in [0.1, 0.15) is 11.4 Å². The normalized spacial score (nSPS) is 14.3. The van der Waals surface area contributed by atoms with Gasteiger partial charge in [0.15, 0.2) is 6.10 Å². The van der Waals surface area contributed by atoms with Crippen LogP contribution in [0.25, 0.3) is 5.69 Å². The molecule has 1 aromatic heterocycles. The van der Waals surface area contributed by atoms with E-state index >= 15 is 0 Å². The second kappa shape index (κ2) is 9.80. The van der Waals surface area contributed by atoms with Gasteiger partial charge in [0.2, 0.25) is 5.91 Å². The topological polar surface area (TPSA) is 115 Å². The molecule has 1 N–H and O–H groups in total. The zero-order valence-electron chi connectivity index (χ0n) is 19.6. The van der Waals surface area contributed by atoms with Gasteiger partial charge in [-0.25, -0.2) is 14.5 Å². The highest BCUT2D eigenvalue weighted by molar-refractivity contribution is 6.38. The Morgan fingerprint density at radius 2 is 1.57 bits per heavy atom. The molecule has 2 aromatic carbocycles. The number of nitrogens with zero attached hydrogens (tertiary/aromatic N) is 4. The number of nitrogens with one attached hydrogen (secondary N) is 1. The predicted molar refractivity (Wildman–Crippen MR) is 131 cm³/mol. The molecule has 2 amide bonds. The largest absolute Gasteiger partial charge is 0.448 e. The number of ether oxygens (including phenoxy) is 1. The van der Waals surface area contributed by atoms with E-state index in [2.05, 4.69) is 10.4 Å². The van der Waals surface area contributed by atoms with E-state index in [4.69, 9.17) is 4.74 Å².